The summed E-state index contributed by atoms with van der Waals surface area (Å²) in [4.78, 5) is 0. The largest absolute Gasteiger partial charge is 0.352 e. The molecule has 150 valence electrons. The van der Waals surface area contributed by atoms with Gasteiger partial charge in [0.2, 0.25) is 0 Å². The fourth-order valence-corrected chi connectivity index (χ4v) is 6.48. The Morgan fingerprint density at radius 3 is 1.23 bits per heavy atom. The van der Waals surface area contributed by atoms with Gasteiger partial charge >= 0.3 is 0 Å². The van der Waals surface area contributed by atoms with Crippen molar-refractivity contribution in [1.82, 2.24) is 0 Å². The van der Waals surface area contributed by atoms with E-state index in [4.69, 9.17) is 9.47 Å². The average molecular weight is 363 g/mol. The first-order valence-electron chi connectivity index (χ1n) is 11.9. The molecule has 1 saturated heterocycles. The first-order valence-corrected chi connectivity index (χ1v) is 11.9. The van der Waals surface area contributed by atoms with Gasteiger partial charge in [-0.25, -0.2) is 0 Å². The summed E-state index contributed by atoms with van der Waals surface area (Å²) in [7, 11) is 0. The van der Waals surface area contributed by atoms with Crippen LogP contribution in [0.25, 0.3) is 0 Å². The highest BCUT2D eigenvalue weighted by Crippen LogP contribution is 2.44. The van der Waals surface area contributed by atoms with Crippen molar-refractivity contribution in [1.29, 1.82) is 0 Å². The molecule has 0 bridgehead atoms. The lowest BCUT2D eigenvalue weighted by atomic mass is 9.67. The van der Waals surface area contributed by atoms with Gasteiger partial charge in [0.15, 0.2) is 6.29 Å². The van der Waals surface area contributed by atoms with Gasteiger partial charge in [-0.1, -0.05) is 39.5 Å². The van der Waals surface area contributed by atoms with Crippen molar-refractivity contribution in [2.45, 2.75) is 97.2 Å². The Labute approximate surface area is 161 Å². The van der Waals surface area contributed by atoms with Gasteiger partial charge in [0.25, 0.3) is 0 Å². The molecule has 0 spiro atoms. The summed E-state index contributed by atoms with van der Waals surface area (Å²) in [6.45, 7) is 6.76. The zero-order valence-electron chi connectivity index (χ0n) is 17.3. The molecule has 2 heteroatoms. The van der Waals surface area contributed by atoms with Crippen LogP contribution in [0.3, 0.4) is 0 Å². The standard InChI is InChI=1S/C24H42O2/c1-17-3-7-19(8-4-17)20-11-13-21(14-12-20)23-15-25-24(26-16-23)22-9-5-18(2)6-10-22/h17-24H,3-16H2,1-2H3. The molecule has 2 nitrogen and oxygen atoms in total. The molecule has 0 aromatic rings. The molecule has 0 atom stereocenters. The van der Waals surface area contributed by atoms with Crippen molar-refractivity contribution < 1.29 is 9.47 Å². The minimum Gasteiger partial charge on any atom is -0.352 e. The maximum Gasteiger partial charge on any atom is 0.160 e. The van der Waals surface area contributed by atoms with Crippen LogP contribution in [0.1, 0.15) is 90.9 Å². The highest BCUT2D eigenvalue weighted by molar-refractivity contribution is 4.85. The van der Waals surface area contributed by atoms with E-state index in [-0.39, 0.29) is 6.29 Å². The van der Waals surface area contributed by atoms with Crippen LogP contribution in [0.5, 0.6) is 0 Å². The summed E-state index contributed by atoms with van der Waals surface area (Å²) in [6, 6.07) is 0. The van der Waals surface area contributed by atoms with Crippen LogP contribution >= 0.6 is 0 Å². The van der Waals surface area contributed by atoms with Gasteiger partial charge in [-0.2, -0.15) is 0 Å². The molecule has 4 rings (SSSR count). The molecular formula is C24H42O2. The third-order valence-electron chi connectivity index (χ3n) is 8.60. The van der Waals surface area contributed by atoms with Crippen LogP contribution in [0.15, 0.2) is 0 Å². The second-order valence-electron chi connectivity index (χ2n) is 10.5. The summed E-state index contributed by atoms with van der Waals surface area (Å²) in [5, 5.41) is 0. The van der Waals surface area contributed by atoms with Gasteiger partial charge in [-0.3, -0.25) is 0 Å². The van der Waals surface area contributed by atoms with Crippen molar-refractivity contribution in [3.63, 3.8) is 0 Å². The molecule has 0 N–H and O–H groups in total. The molecule has 4 aliphatic rings. The molecule has 0 aromatic carbocycles. The van der Waals surface area contributed by atoms with Crippen molar-refractivity contribution in [2.24, 2.45) is 41.4 Å². The fourth-order valence-electron chi connectivity index (χ4n) is 6.48. The van der Waals surface area contributed by atoms with E-state index in [0.717, 1.165) is 42.8 Å². The summed E-state index contributed by atoms with van der Waals surface area (Å²) in [6.07, 6.45) is 17.2. The number of rotatable bonds is 3. The molecule has 0 aromatic heterocycles. The van der Waals surface area contributed by atoms with Gasteiger partial charge in [0, 0.05) is 11.8 Å². The first kappa shape index (κ1) is 19.2. The van der Waals surface area contributed by atoms with E-state index in [1.54, 1.807) is 0 Å². The van der Waals surface area contributed by atoms with Crippen molar-refractivity contribution in [3.05, 3.63) is 0 Å². The monoisotopic (exact) mass is 362 g/mol. The van der Waals surface area contributed by atoms with Crippen LogP contribution in [-0.4, -0.2) is 19.5 Å². The average Bonchev–Trinajstić information content (AvgIpc) is 2.70. The lowest BCUT2D eigenvalue weighted by Crippen LogP contribution is -2.41. The van der Waals surface area contributed by atoms with Crippen LogP contribution < -0.4 is 0 Å². The summed E-state index contributed by atoms with van der Waals surface area (Å²) < 4.78 is 12.5. The van der Waals surface area contributed by atoms with E-state index >= 15 is 0 Å². The van der Waals surface area contributed by atoms with Crippen molar-refractivity contribution in [3.8, 4) is 0 Å². The summed E-state index contributed by atoms with van der Waals surface area (Å²) in [5.74, 6) is 6.16. The number of hydrogen-bond donors (Lipinski definition) is 0. The lowest BCUT2D eigenvalue weighted by molar-refractivity contribution is -0.237. The number of ether oxygens (including phenoxy) is 2. The highest BCUT2D eigenvalue weighted by Gasteiger charge is 2.37. The predicted octanol–water partition coefficient (Wildman–Crippen LogP) is 6.43. The lowest BCUT2D eigenvalue weighted by Gasteiger charge is -2.42. The Balaban J connectivity index is 1.18. The molecule has 4 fully saturated rings. The van der Waals surface area contributed by atoms with Gasteiger partial charge in [-0.05, 0) is 81.0 Å². The van der Waals surface area contributed by atoms with E-state index in [1.165, 1.54) is 77.0 Å². The molecule has 0 amide bonds. The third kappa shape index (κ3) is 4.66. The minimum atomic E-state index is 0.110. The van der Waals surface area contributed by atoms with E-state index in [9.17, 15) is 0 Å². The Bertz CT molecular complexity index is 364. The first-order chi connectivity index (χ1) is 12.7. The second-order valence-corrected chi connectivity index (χ2v) is 10.5. The maximum absolute atomic E-state index is 6.25. The Morgan fingerprint density at radius 2 is 0.769 bits per heavy atom. The molecule has 0 radical (unpaired) electrons. The zero-order chi connectivity index (χ0) is 17.9. The molecule has 3 saturated carbocycles. The molecule has 3 aliphatic carbocycles. The van der Waals surface area contributed by atoms with Crippen LogP contribution in [0.2, 0.25) is 0 Å². The summed E-state index contributed by atoms with van der Waals surface area (Å²) in [5.41, 5.74) is 0. The zero-order valence-corrected chi connectivity index (χ0v) is 17.3. The Hall–Kier alpha value is -0.0800. The SMILES string of the molecule is CC1CCC(C2CCC(C3COC(C4CCC(C)CC4)OC3)CC2)CC1. The smallest absolute Gasteiger partial charge is 0.160 e. The molecule has 26 heavy (non-hydrogen) atoms. The molecule has 1 heterocycles. The van der Waals surface area contributed by atoms with Crippen LogP contribution in [-0.2, 0) is 9.47 Å². The second kappa shape index (κ2) is 8.95. The molecular weight excluding hydrogens is 320 g/mol. The van der Waals surface area contributed by atoms with Crippen LogP contribution in [0.4, 0.5) is 0 Å². The van der Waals surface area contributed by atoms with Crippen molar-refractivity contribution in [2.75, 3.05) is 13.2 Å². The van der Waals surface area contributed by atoms with Gasteiger partial charge < -0.3 is 9.47 Å². The van der Waals surface area contributed by atoms with E-state index in [2.05, 4.69) is 13.8 Å². The Kier molecular flexibility index (Phi) is 6.62. The van der Waals surface area contributed by atoms with Gasteiger partial charge in [-0.15, -0.1) is 0 Å². The van der Waals surface area contributed by atoms with Crippen molar-refractivity contribution >= 4 is 0 Å². The summed E-state index contributed by atoms with van der Waals surface area (Å²) >= 11 is 0. The third-order valence-corrected chi connectivity index (χ3v) is 8.60. The van der Waals surface area contributed by atoms with E-state index in [0.29, 0.717) is 11.8 Å². The fraction of sp³-hybridized carbons (Fsp3) is 1.00. The van der Waals surface area contributed by atoms with E-state index in [1.807, 2.05) is 0 Å². The van der Waals surface area contributed by atoms with Crippen LogP contribution in [0, 0.1) is 41.4 Å². The van der Waals surface area contributed by atoms with Gasteiger partial charge in [0.1, 0.15) is 0 Å². The minimum absolute atomic E-state index is 0.110. The Morgan fingerprint density at radius 1 is 0.423 bits per heavy atom. The molecule has 0 unspecified atom stereocenters. The molecule has 1 aliphatic heterocycles. The number of hydrogen-bond acceptors (Lipinski definition) is 2. The van der Waals surface area contributed by atoms with Gasteiger partial charge in [0.05, 0.1) is 13.2 Å². The highest BCUT2D eigenvalue weighted by atomic mass is 16.7. The topological polar surface area (TPSA) is 18.5 Å². The predicted molar refractivity (Wildman–Crippen MR) is 107 cm³/mol. The quantitative estimate of drug-likeness (QED) is 0.575. The maximum atomic E-state index is 6.25. The van der Waals surface area contributed by atoms with E-state index < -0.39 is 0 Å². The normalized spacial score (nSPS) is 48.2.